The fourth-order valence-electron chi connectivity index (χ4n) is 4.44. The number of carbonyl (C=O) groups excluding carboxylic acids is 1. The Morgan fingerprint density at radius 3 is 2.67 bits per heavy atom. The number of amides is 1. The minimum Gasteiger partial charge on any atom is -0.392 e. The molecule has 3 N–H and O–H groups in total. The van der Waals surface area contributed by atoms with Gasteiger partial charge in [-0.15, -0.1) is 0 Å². The number of ether oxygens (including phenoxy) is 1. The van der Waals surface area contributed by atoms with Gasteiger partial charge in [0.2, 0.25) is 15.9 Å². The van der Waals surface area contributed by atoms with Crippen molar-refractivity contribution in [2.24, 2.45) is 11.8 Å². The number of aliphatic hydroxyl groups is 2. The third-order valence-electron chi connectivity index (χ3n) is 5.84. The Kier molecular flexibility index (Phi) is 9.53. The third-order valence-corrected chi connectivity index (χ3v) is 6.44. The van der Waals surface area contributed by atoms with E-state index in [2.05, 4.69) is 6.08 Å². The number of nitrogens with one attached hydrogen (secondary N) is 1. The van der Waals surface area contributed by atoms with Crippen LogP contribution in [0.1, 0.15) is 65.2 Å². The van der Waals surface area contributed by atoms with Crippen LogP contribution in [0.15, 0.2) is 23.8 Å². The standard InChI is InChI=1S/C22H37NO6S/c1-15(2)7-6-8-16(24)11-12-18-19-13-17(29-21(19)14-20(18)25)9-4-5-10-22(26)23-30(3,27)28/h7,11-12,16-21,24-25H,4-6,8-10,13-14H2,1-3H3,(H,23,26)/t16-,17-,18+,19+,20+,21-/m0/s1. The van der Waals surface area contributed by atoms with Crippen molar-refractivity contribution in [2.45, 2.75) is 89.6 Å². The van der Waals surface area contributed by atoms with Crippen LogP contribution >= 0.6 is 0 Å². The van der Waals surface area contributed by atoms with Gasteiger partial charge in [0, 0.05) is 18.8 Å². The fraction of sp³-hybridized carbons (Fsp3) is 0.773. The van der Waals surface area contributed by atoms with E-state index in [4.69, 9.17) is 4.74 Å². The number of fused-ring (bicyclic) bond motifs is 1. The third kappa shape index (κ3) is 8.49. The average molecular weight is 444 g/mol. The molecule has 0 radical (unpaired) electrons. The smallest absolute Gasteiger partial charge is 0.233 e. The molecule has 2 rings (SSSR count). The number of hydrogen-bond acceptors (Lipinski definition) is 6. The largest absolute Gasteiger partial charge is 0.392 e. The first-order valence-corrected chi connectivity index (χ1v) is 12.8. The van der Waals surface area contributed by atoms with Gasteiger partial charge in [-0.2, -0.15) is 0 Å². The molecule has 1 heterocycles. The van der Waals surface area contributed by atoms with E-state index in [-0.39, 0.29) is 30.5 Å². The van der Waals surface area contributed by atoms with E-state index >= 15 is 0 Å². The van der Waals surface area contributed by atoms with E-state index < -0.39 is 28.1 Å². The minimum absolute atomic E-state index is 0.00126. The first-order chi connectivity index (χ1) is 14.0. The zero-order chi connectivity index (χ0) is 22.3. The van der Waals surface area contributed by atoms with Crippen molar-refractivity contribution in [3.8, 4) is 0 Å². The van der Waals surface area contributed by atoms with Gasteiger partial charge in [0.25, 0.3) is 0 Å². The van der Waals surface area contributed by atoms with E-state index in [1.165, 1.54) is 5.57 Å². The quantitative estimate of drug-likeness (QED) is 0.334. The lowest BCUT2D eigenvalue weighted by Crippen LogP contribution is -2.29. The number of allylic oxidation sites excluding steroid dienone is 2. The Hall–Kier alpha value is -1.22. The summed E-state index contributed by atoms with van der Waals surface area (Å²) in [6, 6.07) is 0. The second-order valence-electron chi connectivity index (χ2n) is 8.93. The lowest BCUT2D eigenvalue weighted by atomic mass is 9.89. The van der Waals surface area contributed by atoms with Crippen LogP contribution < -0.4 is 4.72 Å². The number of aliphatic hydroxyl groups excluding tert-OH is 2. The van der Waals surface area contributed by atoms with Crippen molar-refractivity contribution < 1.29 is 28.2 Å². The van der Waals surface area contributed by atoms with Crippen LogP contribution in [-0.2, 0) is 19.6 Å². The maximum atomic E-state index is 11.5. The summed E-state index contributed by atoms with van der Waals surface area (Å²) in [7, 11) is -3.49. The molecule has 0 aromatic carbocycles. The van der Waals surface area contributed by atoms with E-state index in [0.29, 0.717) is 19.3 Å². The highest BCUT2D eigenvalue weighted by Crippen LogP contribution is 2.45. The maximum absolute atomic E-state index is 11.5. The van der Waals surface area contributed by atoms with Crippen LogP contribution in [0.25, 0.3) is 0 Å². The molecule has 1 saturated carbocycles. The summed E-state index contributed by atoms with van der Waals surface area (Å²) in [6.45, 7) is 4.08. The predicted molar refractivity (Wildman–Crippen MR) is 116 cm³/mol. The molecule has 0 aromatic rings. The van der Waals surface area contributed by atoms with Gasteiger partial charge in [-0.1, -0.05) is 30.2 Å². The van der Waals surface area contributed by atoms with E-state index in [9.17, 15) is 23.4 Å². The maximum Gasteiger partial charge on any atom is 0.233 e. The fourth-order valence-corrected chi connectivity index (χ4v) is 4.96. The first-order valence-electron chi connectivity index (χ1n) is 10.9. The minimum atomic E-state index is -3.49. The normalized spacial score (nSPS) is 29.7. The highest BCUT2D eigenvalue weighted by molar-refractivity contribution is 7.89. The van der Waals surface area contributed by atoms with Gasteiger partial charge in [0.15, 0.2) is 0 Å². The lowest BCUT2D eigenvalue weighted by Gasteiger charge is -2.18. The Balaban J connectivity index is 1.73. The highest BCUT2D eigenvalue weighted by Gasteiger charge is 2.47. The summed E-state index contributed by atoms with van der Waals surface area (Å²) in [6.07, 6.45) is 11.4. The molecule has 1 aliphatic heterocycles. The van der Waals surface area contributed by atoms with Crippen LogP contribution in [0.3, 0.4) is 0 Å². The summed E-state index contributed by atoms with van der Waals surface area (Å²) >= 11 is 0. The van der Waals surface area contributed by atoms with Gasteiger partial charge in [0.1, 0.15) is 0 Å². The number of unbranched alkanes of at least 4 members (excludes halogenated alkanes) is 1. The summed E-state index contributed by atoms with van der Waals surface area (Å²) in [5, 5.41) is 20.6. The second kappa shape index (κ2) is 11.4. The monoisotopic (exact) mass is 443 g/mol. The molecule has 0 spiro atoms. The number of hydrogen-bond donors (Lipinski definition) is 3. The Labute approximate surface area is 180 Å². The Bertz CT molecular complexity index is 728. The molecule has 0 unspecified atom stereocenters. The van der Waals surface area contributed by atoms with Crippen LogP contribution in [0.5, 0.6) is 0 Å². The van der Waals surface area contributed by atoms with Gasteiger partial charge in [-0.25, -0.2) is 8.42 Å². The molecule has 1 amide bonds. The molecule has 6 atom stereocenters. The molecule has 1 saturated heterocycles. The van der Waals surface area contributed by atoms with Crippen molar-refractivity contribution in [3.63, 3.8) is 0 Å². The molecule has 2 aliphatic rings. The van der Waals surface area contributed by atoms with Crippen molar-refractivity contribution in [1.82, 2.24) is 4.72 Å². The summed E-state index contributed by atoms with van der Waals surface area (Å²) in [5.41, 5.74) is 1.24. The van der Waals surface area contributed by atoms with Crippen LogP contribution in [0.2, 0.25) is 0 Å². The highest BCUT2D eigenvalue weighted by atomic mass is 32.2. The predicted octanol–water partition coefficient (Wildman–Crippen LogP) is 2.44. The first kappa shape index (κ1) is 25.0. The number of rotatable bonds is 11. The molecule has 8 heteroatoms. The molecule has 30 heavy (non-hydrogen) atoms. The summed E-state index contributed by atoms with van der Waals surface area (Å²) in [5.74, 6) is -0.225. The molecule has 2 fully saturated rings. The molecule has 0 bridgehead atoms. The molecule has 7 nitrogen and oxygen atoms in total. The topological polar surface area (TPSA) is 113 Å². The SMILES string of the molecule is CC(C)=CCC[C@H](O)C=C[C@@H]1[C@H]2C[C@H](CCCCC(=O)NS(C)(=O)=O)O[C@H]2C[C@H]1O. The van der Waals surface area contributed by atoms with Crippen LogP contribution in [0, 0.1) is 11.8 Å². The van der Waals surface area contributed by atoms with Crippen LogP contribution in [-0.4, -0.2) is 55.2 Å². The zero-order valence-electron chi connectivity index (χ0n) is 18.3. The van der Waals surface area contributed by atoms with Crippen molar-refractivity contribution in [3.05, 3.63) is 23.8 Å². The summed E-state index contributed by atoms with van der Waals surface area (Å²) < 4.78 is 30.1. The molecule has 172 valence electrons. The molecule has 0 aromatic heterocycles. The number of carbonyl (C=O) groups is 1. The van der Waals surface area contributed by atoms with E-state index in [1.807, 2.05) is 30.7 Å². The Morgan fingerprint density at radius 1 is 1.27 bits per heavy atom. The van der Waals surface area contributed by atoms with Gasteiger partial charge in [-0.05, 0) is 51.9 Å². The second-order valence-corrected chi connectivity index (χ2v) is 10.7. The Morgan fingerprint density at radius 2 is 2.00 bits per heavy atom. The van der Waals surface area contributed by atoms with Gasteiger partial charge >= 0.3 is 0 Å². The molecule has 1 aliphatic carbocycles. The molecular formula is C22H37NO6S. The van der Waals surface area contributed by atoms with E-state index in [1.54, 1.807) is 0 Å². The van der Waals surface area contributed by atoms with Crippen molar-refractivity contribution in [1.29, 1.82) is 0 Å². The number of sulfonamides is 1. The van der Waals surface area contributed by atoms with Gasteiger partial charge in [0.05, 0.1) is 30.7 Å². The average Bonchev–Trinajstić information content (AvgIpc) is 3.11. The van der Waals surface area contributed by atoms with Gasteiger partial charge in [-0.3, -0.25) is 9.52 Å². The van der Waals surface area contributed by atoms with E-state index in [0.717, 1.165) is 31.9 Å². The van der Waals surface area contributed by atoms with Crippen molar-refractivity contribution in [2.75, 3.05) is 6.26 Å². The summed E-state index contributed by atoms with van der Waals surface area (Å²) in [4.78, 5) is 11.5. The van der Waals surface area contributed by atoms with Gasteiger partial charge < -0.3 is 14.9 Å². The van der Waals surface area contributed by atoms with Crippen molar-refractivity contribution >= 4 is 15.9 Å². The van der Waals surface area contributed by atoms with Crippen LogP contribution in [0.4, 0.5) is 0 Å². The lowest BCUT2D eigenvalue weighted by molar-refractivity contribution is -0.119. The molecular weight excluding hydrogens is 406 g/mol. The zero-order valence-corrected chi connectivity index (χ0v) is 19.1.